The first-order chi connectivity index (χ1) is 43.5. The van der Waals surface area contributed by atoms with Crippen LogP contribution >= 0.6 is 0 Å². The molecule has 17 rings (SSSR count). The lowest BCUT2D eigenvalue weighted by molar-refractivity contribution is 0.224. The Kier molecular flexibility index (Phi) is 11.9. The summed E-state index contributed by atoms with van der Waals surface area (Å²) in [6.07, 6.45) is 0. The van der Waals surface area contributed by atoms with E-state index in [9.17, 15) is 0 Å². The van der Waals surface area contributed by atoms with Crippen LogP contribution in [0.3, 0.4) is 0 Å². The molecule has 2 aliphatic carbocycles. The fourth-order valence-corrected chi connectivity index (χ4v) is 15.1. The Morgan fingerprint density at radius 2 is 0.443 bits per heavy atom. The molecule has 6 nitrogen and oxygen atoms in total. The van der Waals surface area contributed by atoms with E-state index in [2.05, 4.69) is 241 Å². The standard InChI is InChI=1S/C82H56N2O4/c1-83-87-53-39-31-49(32-40-53)72-56-16-6-8-18-58(56)74(50-33-41-54(42-34-50)88-84-2)82-70-46-44-66(64-24-14-26-68(78(64)70)80(72)82)76-61-21-11-9-19-59(61)75(60-20-10-12-22-62(60)76)65-43-45-69-77-63(65)23-13-25-67(77)79-71(47-27-35-51(85-3)36-28-47)55-15-5-7-17-57(55)73(81(69)79)48-29-37-52(86-4)38-30-48/h5-46,83-84H,1-4H3. The zero-order valence-corrected chi connectivity index (χ0v) is 48.9. The predicted molar refractivity (Wildman–Crippen MR) is 365 cm³/mol. The van der Waals surface area contributed by atoms with Gasteiger partial charge in [-0.15, -0.1) is 0 Å². The second kappa shape index (κ2) is 20.3. The first-order valence-electron chi connectivity index (χ1n) is 29.9. The summed E-state index contributed by atoms with van der Waals surface area (Å²) in [4.78, 5) is 11.5. The van der Waals surface area contributed by atoms with Gasteiger partial charge in [0, 0.05) is 14.1 Å². The van der Waals surface area contributed by atoms with Crippen molar-refractivity contribution in [2.24, 2.45) is 0 Å². The monoisotopic (exact) mass is 1130 g/mol. The van der Waals surface area contributed by atoms with E-state index < -0.39 is 0 Å². The van der Waals surface area contributed by atoms with Crippen molar-refractivity contribution in [3.05, 3.63) is 255 Å². The third-order valence-electron chi connectivity index (χ3n) is 18.5. The average molecular weight is 1130 g/mol. The number of rotatable bonds is 12. The molecule has 0 radical (unpaired) electrons. The second-order valence-electron chi connectivity index (χ2n) is 22.8. The Balaban J connectivity index is 0.910. The summed E-state index contributed by atoms with van der Waals surface area (Å²) < 4.78 is 11.4. The lowest BCUT2D eigenvalue weighted by Gasteiger charge is -2.21. The van der Waals surface area contributed by atoms with Crippen molar-refractivity contribution in [1.82, 2.24) is 11.0 Å². The van der Waals surface area contributed by atoms with Crippen molar-refractivity contribution in [3.63, 3.8) is 0 Å². The molecule has 0 fully saturated rings. The van der Waals surface area contributed by atoms with Crippen LogP contribution in [-0.2, 0) is 0 Å². The topological polar surface area (TPSA) is 61.0 Å². The van der Waals surface area contributed by atoms with E-state index in [1.807, 2.05) is 24.3 Å². The molecule has 0 saturated carbocycles. The Labute approximate surface area is 509 Å². The maximum absolute atomic E-state index is 5.76. The highest BCUT2D eigenvalue weighted by molar-refractivity contribution is 6.34. The van der Waals surface area contributed by atoms with Gasteiger partial charge >= 0.3 is 0 Å². The quantitative estimate of drug-likeness (QED) is 0.0939. The lowest BCUT2D eigenvalue weighted by atomic mass is 9.82. The van der Waals surface area contributed by atoms with E-state index >= 15 is 0 Å². The van der Waals surface area contributed by atoms with Gasteiger partial charge in [0.05, 0.1) is 14.2 Å². The molecule has 0 saturated heterocycles. The smallest absolute Gasteiger partial charge is 0.147 e. The molecule has 0 atom stereocenters. The minimum Gasteiger partial charge on any atom is -0.497 e. The fourth-order valence-electron chi connectivity index (χ4n) is 15.1. The van der Waals surface area contributed by atoms with Crippen molar-refractivity contribution in [1.29, 1.82) is 0 Å². The molecule has 0 bridgehead atoms. The van der Waals surface area contributed by atoms with Gasteiger partial charge in [-0.2, -0.15) is 11.0 Å². The van der Waals surface area contributed by atoms with Crippen LogP contribution in [0.25, 0.3) is 176 Å². The minimum atomic E-state index is 0.750. The average Bonchev–Trinajstić information content (AvgIpc) is 1.51. The lowest BCUT2D eigenvalue weighted by Crippen LogP contribution is -2.10. The number of benzene rings is 15. The van der Waals surface area contributed by atoms with Gasteiger partial charge in [0.1, 0.15) is 23.0 Å². The molecule has 0 spiro atoms. The Morgan fingerprint density at radius 1 is 0.205 bits per heavy atom. The molecule has 6 heteroatoms. The number of hydrogen-bond donors (Lipinski definition) is 2. The van der Waals surface area contributed by atoms with E-state index in [4.69, 9.17) is 19.1 Å². The SMILES string of the molecule is CNOc1ccc(-c2c3c(c(-c4ccc(ONC)cc4)c4ccccc24)-c2ccc(-c4c5ccccc5c(-c5ccc6c7c(cccc57)-c5c-6c(-c6ccc(OC)cc6)c6ccccc6c5-c5ccc(OC)cc5)c5ccccc45)c4cccc-3c24)cc1. The zero-order valence-electron chi connectivity index (χ0n) is 48.9. The van der Waals surface area contributed by atoms with Crippen LogP contribution in [0, 0.1) is 0 Å². The van der Waals surface area contributed by atoms with Gasteiger partial charge in [-0.1, -0.05) is 206 Å². The Morgan fingerprint density at radius 3 is 0.716 bits per heavy atom. The number of ether oxygens (including phenoxy) is 2. The van der Waals surface area contributed by atoms with Crippen LogP contribution in [0.2, 0.25) is 0 Å². The van der Waals surface area contributed by atoms with Crippen molar-refractivity contribution in [2.45, 2.75) is 0 Å². The summed E-state index contributed by atoms with van der Waals surface area (Å²) in [6.45, 7) is 0. The van der Waals surface area contributed by atoms with Gasteiger partial charge in [0.2, 0.25) is 0 Å². The highest BCUT2D eigenvalue weighted by Gasteiger charge is 2.34. The molecular weight excluding hydrogens is 1080 g/mol. The summed E-state index contributed by atoms with van der Waals surface area (Å²) in [7, 11) is 7.02. The molecule has 88 heavy (non-hydrogen) atoms. The molecule has 0 aliphatic heterocycles. The van der Waals surface area contributed by atoms with Gasteiger partial charge in [-0.05, 0) is 224 Å². The molecular formula is C82H56N2O4. The van der Waals surface area contributed by atoms with Crippen LogP contribution in [0.15, 0.2) is 255 Å². The van der Waals surface area contributed by atoms with E-state index in [-0.39, 0.29) is 0 Å². The van der Waals surface area contributed by atoms with Gasteiger partial charge in [0.15, 0.2) is 0 Å². The van der Waals surface area contributed by atoms with Crippen LogP contribution in [0.1, 0.15) is 0 Å². The second-order valence-corrected chi connectivity index (χ2v) is 22.8. The maximum atomic E-state index is 5.76. The van der Waals surface area contributed by atoms with E-state index in [1.165, 1.54) is 154 Å². The van der Waals surface area contributed by atoms with Crippen LogP contribution < -0.4 is 30.1 Å². The third-order valence-corrected chi connectivity index (χ3v) is 18.5. The number of nitrogens with one attached hydrogen (secondary N) is 2. The van der Waals surface area contributed by atoms with E-state index in [0.717, 1.165) is 45.3 Å². The highest BCUT2D eigenvalue weighted by atomic mass is 16.6. The molecule has 15 aromatic rings. The minimum absolute atomic E-state index is 0.750. The molecule has 0 heterocycles. The van der Waals surface area contributed by atoms with Crippen LogP contribution in [-0.4, -0.2) is 28.3 Å². The van der Waals surface area contributed by atoms with Crippen molar-refractivity contribution in [3.8, 4) is 134 Å². The summed E-state index contributed by atoms with van der Waals surface area (Å²) in [6, 6.07) is 93.6. The number of fused-ring (bicyclic) bond motifs is 10. The molecule has 2 N–H and O–H groups in total. The first-order valence-corrected chi connectivity index (χ1v) is 29.9. The summed E-state index contributed by atoms with van der Waals surface area (Å²) in [5, 5.41) is 14.5. The number of hydrogen-bond acceptors (Lipinski definition) is 6. The van der Waals surface area contributed by atoms with E-state index in [1.54, 1.807) is 28.3 Å². The molecule has 0 unspecified atom stereocenters. The van der Waals surface area contributed by atoms with Crippen LogP contribution in [0.5, 0.6) is 23.0 Å². The summed E-state index contributed by atoms with van der Waals surface area (Å²) in [5.41, 5.74) is 29.7. The largest absolute Gasteiger partial charge is 0.497 e. The van der Waals surface area contributed by atoms with Gasteiger partial charge in [0.25, 0.3) is 0 Å². The molecule has 15 aromatic carbocycles. The Bertz CT molecular complexity index is 5140. The van der Waals surface area contributed by atoms with Crippen LogP contribution in [0.4, 0.5) is 0 Å². The summed E-state index contributed by atoms with van der Waals surface area (Å²) >= 11 is 0. The molecule has 0 aromatic heterocycles. The molecule has 2 aliphatic rings. The van der Waals surface area contributed by atoms with Gasteiger partial charge in [-0.25, -0.2) is 0 Å². The highest BCUT2D eigenvalue weighted by Crippen LogP contribution is 2.62. The van der Waals surface area contributed by atoms with Gasteiger partial charge < -0.3 is 19.1 Å². The molecule has 418 valence electrons. The molecule has 0 amide bonds. The predicted octanol–water partition coefficient (Wildman–Crippen LogP) is 20.9. The first kappa shape index (κ1) is 51.4. The van der Waals surface area contributed by atoms with Crippen molar-refractivity contribution < 1.29 is 19.1 Å². The number of methoxy groups -OCH3 is 2. The van der Waals surface area contributed by atoms with E-state index in [0.29, 0.717) is 0 Å². The fraction of sp³-hybridized carbons (Fsp3) is 0.0488. The van der Waals surface area contributed by atoms with Crippen molar-refractivity contribution >= 4 is 64.6 Å². The van der Waals surface area contributed by atoms with Gasteiger partial charge in [-0.3, -0.25) is 0 Å². The number of hydroxylamine groups is 2. The van der Waals surface area contributed by atoms with Crippen molar-refractivity contribution in [2.75, 3.05) is 28.3 Å². The normalized spacial score (nSPS) is 12.0. The summed E-state index contributed by atoms with van der Waals surface area (Å²) in [5.74, 6) is 3.16. The maximum Gasteiger partial charge on any atom is 0.147 e. The zero-order chi connectivity index (χ0) is 58.7. The third kappa shape index (κ3) is 7.56. The Hall–Kier alpha value is -11.0.